The summed E-state index contributed by atoms with van der Waals surface area (Å²) in [5, 5.41) is 9.79. The maximum absolute atomic E-state index is 9.35. The van der Waals surface area contributed by atoms with Crippen molar-refractivity contribution in [3.05, 3.63) is 28.3 Å². The van der Waals surface area contributed by atoms with Gasteiger partial charge in [0.2, 0.25) is 0 Å². The van der Waals surface area contributed by atoms with E-state index in [1.807, 2.05) is 13.0 Å². The van der Waals surface area contributed by atoms with Crippen LogP contribution in [0.4, 0.5) is 0 Å². The van der Waals surface area contributed by atoms with Gasteiger partial charge in [-0.2, -0.15) is 0 Å². The molecule has 0 fully saturated rings. The fourth-order valence-electron chi connectivity index (χ4n) is 1.43. The number of aromatic hydroxyl groups is 1. The highest BCUT2D eigenvalue weighted by atomic mass is 35.5. The average Bonchev–Trinajstić information content (AvgIpc) is 2.10. The number of hydrogen-bond donors (Lipinski definition) is 1. The van der Waals surface area contributed by atoms with E-state index in [0.717, 1.165) is 12.0 Å². The number of phenols is 1. The summed E-state index contributed by atoms with van der Waals surface area (Å²) in [5.74, 6) is 0.671. The second-order valence-electron chi connectivity index (χ2n) is 3.47. The van der Waals surface area contributed by atoms with Gasteiger partial charge >= 0.3 is 0 Å². The molecule has 1 N–H and O–H groups in total. The Morgan fingerprint density at radius 1 is 1.46 bits per heavy atom. The van der Waals surface area contributed by atoms with Gasteiger partial charge in [0.25, 0.3) is 0 Å². The first-order chi connectivity index (χ1) is 6.06. The van der Waals surface area contributed by atoms with Gasteiger partial charge in [-0.25, -0.2) is 0 Å². The third kappa shape index (κ3) is 2.16. The Kier molecular flexibility index (Phi) is 3.21. The molecular formula is C11H15ClO. The van der Waals surface area contributed by atoms with Crippen molar-refractivity contribution in [3.63, 3.8) is 0 Å². The third-order valence-corrected chi connectivity index (χ3v) is 2.78. The van der Waals surface area contributed by atoms with Crippen molar-refractivity contribution >= 4 is 11.6 Å². The minimum absolute atomic E-state index is 0.172. The lowest BCUT2D eigenvalue weighted by Crippen LogP contribution is -1.94. The summed E-state index contributed by atoms with van der Waals surface area (Å²) in [5.41, 5.74) is 2.33. The van der Waals surface area contributed by atoms with Crippen molar-refractivity contribution in [1.29, 1.82) is 0 Å². The lowest BCUT2D eigenvalue weighted by molar-refractivity contribution is 0.474. The van der Waals surface area contributed by atoms with Crippen molar-refractivity contribution in [2.45, 2.75) is 33.1 Å². The van der Waals surface area contributed by atoms with Crippen LogP contribution in [0.5, 0.6) is 5.75 Å². The van der Waals surface area contributed by atoms with Crippen LogP contribution in [0, 0.1) is 6.92 Å². The van der Waals surface area contributed by atoms with Crippen LogP contribution in [-0.4, -0.2) is 5.11 Å². The van der Waals surface area contributed by atoms with Gasteiger partial charge in [-0.05, 0) is 42.5 Å². The van der Waals surface area contributed by atoms with E-state index in [1.54, 1.807) is 6.07 Å². The summed E-state index contributed by atoms with van der Waals surface area (Å²) in [4.78, 5) is 0. The maximum atomic E-state index is 9.35. The standard InChI is InChI=1S/C11H15ClO/c1-4-7(2)9-6-10(12)11(13)5-8(9)3/h5-7,13H,4H2,1-3H3. The number of rotatable bonds is 2. The number of benzene rings is 1. The quantitative estimate of drug-likeness (QED) is 0.765. The smallest absolute Gasteiger partial charge is 0.134 e. The first-order valence-corrected chi connectivity index (χ1v) is 4.93. The van der Waals surface area contributed by atoms with Crippen molar-refractivity contribution < 1.29 is 5.11 Å². The third-order valence-electron chi connectivity index (χ3n) is 2.48. The van der Waals surface area contributed by atoms with E-state index in [1.165, 1.54) is 5.56 Å². The van der Waals surface area contributed by atoms with Gasteiger partial charge < -0.3 is 5.11 Å². The van der Waals surface area contributed by atoms with Crippen molar-refractivity contribution in [3.8, 4) is 5.75 Å². The van der Waals surface area contributed by atoms with Crippen LogP contribution in [0.1, 0.15) is 37.3 Å². The fraction of sp³-hybridized carbons (Fsp3) is 0.455. The Morgan fingerprint density at radius 3 is 2.62 bits per heavy atom. The van der Waals surface area contributed by atoms with Crippen molar-refractivity contribution in [1.82, 2.24) is 0 Å². The summed E-state index contributed by atoms with van der Waals surface area (Å²) >= 11 is 5.84. The Hall–Kier alpha value is -0.690. The lowest BCUT2D eigenvalue weighted by atomic mass is 9.94. The van der Waals surface area contributed by atoms with Crippen LogP contribution in [-0.2, 0) is 0 Å². The average molecular weight is 199 g/mol. The number of halogens is 1. The Labute approximate surface area is 84.4 Å². The lowest BCUT2D eigenvalue weighted by Gasteiger charge is -2.13. The van der Waals surface area contributed by atoms with E-state index in [0.29, 0.717) is 10.9 Å². The van der Waals surface area contributed by atoms with Gasteiger partial charge in [0.05, 0.1) is 5.02 Å². The molecule has 1 nitrogen and oxygen atoms in total. The van der Waals surface area contributed by atoms with Crippen LogP contribution < -0.4 is 0 Å². The van der Waals surface area contributed by atoms with Gasteiger partial charge in [-0.3, -0.25) is 0 Å². The van der Waals surface area contributed by atoms with Gasteiger partial charge in [0, 0.05) is 0 Å². The Balaban J connectivity index is 3.15. The molecule has 2 heteroatoms. The molecule has 1 rings (SSSR count). The number of hydrogen-bond acceptors (Lipinski definition) is 1. The largest absolute Gasteiger partial charge is 0.506 e. The van der Waals surface area contributed by atoms with Gasteiger partial charge in [0.15, 0.2) is 0 Å². The normalized spacial score (nSPS) is 12.9. The predicted molar refractivity (Wildman–Crippen MR) is 56.6 cm³/mol. The van der Waals surface area contributed by atoms with Gasteiger partial charge in [0.1, 0.15) is 5.75 Å². The Bertz CT molecular complexity index is 307. The summed E-state index contributed by atoms with van der Waals surface area (Å²) < 4.78 is 0. The second-order valence-corrected chi connectivity index (χ2v) is 3.88. The number of phenolic OH excluding ortho intramolecular Hbond substituents is 1. The monoisotopic (exact) mass is 198 g/mol. The van der Waals surface area contributed by atoms with Crippen molar-refractivity contribution in [2.24, 2.45) is 0 Å². The highest BCUT2D eigenvalue weighted by molar-refractivity contribution is 6.32. The zero-order valence-corrected chi connectivity index (χ0v) is 9.02. The zero-order chi connectivity index (χ0) is 10.0. The van der Waals surface area contributed by atoms with Crippen molar-refractivity contribution in [2.75, 3.05) is 0 Å². The van der Waals surface area contributed by atoms with Gasteiger partial charge in [-0.15, -0.1) is 0 Å². The second kappa shape index (κ2) is 4.01. The summed E-state index contributed by atoms with van der Waals surface area (Å²) in [6.07, 6.45) is 1.09. The van der Waals surface area contributed by atoms with E-state index in [4.69, 9.17) is 11.6 Å². The molecule has 0 aliphatic carbocycles. The summed E-state index contributed by atoms with van der Waals surface area (Å²) in [6, 6.07) is 3.59. The minimum atomic E-state index is 0.172. The van der Waals surface area contributed by atoms with E-state index >= 15 is 0 Å². The van der Waals surface area contributed by atoms with E-state index in [-0.39, 0.29) is 5.75 Å². The molecule has 0 bridgehead atoms. The molecule has 0 spiro atoms. The minimum Gasteiger partial charge on any atom is -0.506 e. The van der Waals surface area contributed by atoms with Crippen LogP contribution >= 0.6 is 11.6 Å². The molecular weight excluding hydrogens is 184 g/mol. The van der Waals surface area contributed by atoms with Crippen LogP contribution in [0.25, 0.3) is 0 Å². The highest BCUT2D eigenvalue weighted by Crippen LogP contribution is 2.31. The molecule has 0 aromatic heterocycles. The topological polar surface area (TPSA) is 20.2 Å². The molecule has 0 aliphatic heterocycles. The zero-order valence-electron chi connectivity index (χ0n) is 8.26. The SMILES string of the molecule is CCC(C)c1cc(Cl)c(O)cc1C. The molecule has 0 saturated carbocycles. The molecule has 1 atom stereocenters. The number of aryl methyl sites for hydroxylation is 1. The Morgan fingerprint density at radius 2 is 2.08 bits per heavy atom. The van der Waals surface area contributed by atoms with E-state index in [2.05, 4.69) is 13.8 Å². The molecule has 0 radical (unpaired) electrons. The van der Waals surface area contributed by atoms with Crippen LogP contribution in [0.15, 0.2) is 12.1 Å². The summed E-state index contributed by atoms with van der Waals surface area (Å²) in [6.45, 7) is 6.30. The molecule has 1 unspecified atom stereocenters. The van der Waals surface area contributed by atoms with Crippen LogP contribution in [0.3, 0.4) is 0 Å². The van der Waals surface area contributed by atoms with Crippen LogP contribution in [0.2, 0.25) is 5.02 Å². The highest BCUT2D eigenvalue weighted by Gasteiger charge is 2.09. The first-order valence-electron chi connectivity index (χ1n) is 4.55. The maximum Gasteiger partial charge on any atom is 0.134 e. The molecule has 0 heterocycles. The molecule has 1 aromatic rings. The van der Waals surface area contributed by atoms with E-state index in [9.17, 15) is 5.11 Å². The molecule has 13 heavy (non-hydrogen) atoms. The summed E-state index contributed by atoms with van der Waals surface area (Å²) in [7, 11) is 0. The van der Waals surface area contributed by atoms with E-state index < -0.39 is 0 Å². The predicted octanol–water partition coefficient (Wildman–Crippen LogP) is 3.87. The molecule has 0 aliphatic rings. The first kappa shape index (κ1) is 10.4. The fourth-order valence-corrected chi connectivity index (χ4v) is 1.60. The molecule has 0 saturated heterocycles. The van der Waals surface area contributed by atoms with Gasteiger partial charge in [-0.1, -0.05) is 25.4 Å². The molecule has 72 valence electrons. The molecule has 0 amide bonds. The molecule has 1 aromatic carbocycles.